The minimum atomic E-state index is 0.0340. The molecule has 8 heteroatoms. The predicted molar refractivity (Wildman–Crippen MR) is 138 cm³/mol. The molecule has 1 atom stereocenters. The molecule has 1 aliphatic heterocycles. The van der Waals surface area contributed by atoms with Gasteiger partial charge in [0.25, 0.3) is 0 Å². The van der Waals surface area contributed by atoms with Crippen LogP contribution in [0.2, 0.25) is 5.02 Å². The van der Waals surface area contributed by atoms with Crippen molar-refractivity contribution in [3.63, 3.8) is 0 Å². The fraction of sp³-hybridized carbons (Fsp3) is 0.259. The number of rotatable bonds is 6. The summed E-state index contributed by atoms with van der Waals surface area (Å²) < 4.78 is 5.68. The van der Waals surface area contributed by atoms with E-state index in [1.54, 1.807) is 13.1 Å². The highest BCUT2D eigenvalue weighted by Crippen LogP contribution is 2.31. The number of hydrogen-bond donors (Lipinski definition) is 1. The zero-order chi connectivity index (χ0) is 24.4. The third kappa shape index (κ3) is 5.32. The fourth-order valence-electron chi connectivity index (χ4n) is 4.25. The predicted octanol–water partition coefficient (Wildman–Crippen LogP) is 5.51. The van der Waals surface area contributed by atoms with Crippen molar-refractivity contribution in [2.24, 2.45) is 0 Å². The van der Waals surface area contributed by atoms with Crippen LogP contribution in [0.3, 0.4) is 0 Å². The second-order valence-corrected chi connectivity index (χ2v) is 9.14. The topological polar surface area (TPSA) is 80.2 Å². The Morgan fingerprint density at radius 2 is 2.00 bits per heavy atom. The Hall–Kier alpha value is -3.39. The lowest BCUT2D eigenvalue weighted by molar-refractivity contribution is -0.0219. The smallest absolute Gasteiger partial charge is 0.159 e. The summed E-state index contributed by atoms with van der Waals surface area (Å²) in [5.74, 6) is 1.46. The first-order valence-corrected chi connectivity index (χ1v) is 12.0. The van der Waals surface area contributed by atoms with E-state index in [2.05, 4.69) is 22.1 Å². The van der Waals surface area contributed by atoms with Gasteiger partial charge in [-0.3, -0.25) is 14.7 Å². The van der Waals surface area contributed by atoms with Gasteiger partial charge in [-0.25, -0.2) is 9.97 Å². The molecular weight excluding hydrogens is 462 g/mol. The molecule has 2 aromatic carbocycles. The van der Waals surface area contributed by atoms with Crippen molar-refractivity contribution in [2.45, 2.75) is 26.5 Å². The van der Waals surface area contributed by atoms with Crippen LogP contribution in [0.15, 0.2) is 60.8 Å². The number of ether oxygens (including phenoxy) is 1. The number of anilines is 2. The molecule has 1 saturated heterocycles. The number of hydrogen-bond acceptors (Lipinski definition) is 7. The van der Waals surface area contributed by atoms with Gasteiger partial charge in [0.1, 0.15) is 11.6 Å². The first-order chi connectivity index (χ1) is 17.0. The van der Waals surface area contributed by atoms with Crippen molar-refractivity contribution in [2.75, 3.05) is 25.0 Å². The molecule has 178 valence electrons. The quantitative estimate of drug-likeness (QED) is 0.359. The number of carbonyl (C=O) groups is 1. The Kier molecular flexibility index (Phi) is 6.72. The van der Waals surface area contributed by atoms with E-state index in [1.807, 2.05) is 54.6 Å². The van der Waals surface area contributed by atoms with Gasteiger partial charge in [0.05, 0.1) is 35.5 Å². The summed E-state index contributed by atoms with van der Waals surface area (Å²) in [7, 11) is 0. The van der Waals surface area contributed by atoms with Crippen LogP contribution in [0.25, 0.3) is 22.2 Å². The van der Waals surface area contributed by atoms with Crippen molar-refractivity contribution < 1.29 is 9.53 Å². The van der Waals surface area contributed by atoms with Crippen LogP contribution in [0, 0.1) is 0 Å². The highest BCUT2D eigenvalue weighted by molar-refractivity contribution is 6.33. The molecule has 0 aliphatic carbocycles. The number of pyridine rings is 1. The van der Waals surface area contributed by atoms with Gasteiger partial charge in [0, 0.05) is 41.5 Å². The van der Waals surface area contributed by atoms with Crippen molar-refractivity contribution >= 4 is 39.8 Å². The van der Waals surface area contributed by atoms with Crippen LogP contribution in [0.4, 0.5) is 11.5 Å². The van der Waals surface area contributed by atoms with E-state index in [4.69, 9.17) is 26.3 Å². The lowest BCUT2D eigenvalue weighted by Gasteiger charge is -2.30. The summed E-state index contributed by atoms with van der Waals surface area (Å²) in [6, 6.07) is 17.0. The molecule has 4 aromatic rings. The van der Waals surface area contributed by atoms with Crippen LogP contribution in [-0.2, 0) is 11.3 Å². The van der Waals surface area contributed by atoms with Gasteiger partial charge in [-0.2, -0.15) is 0 Å². The number of Topliss-reactive ketones (excluding diaryl/α,β-unsaturated/α-hetero) is 1. The number of aromatic nitrogens is 3. The summed E-state index contributed by atoms with van der Waals surface area (Å²) in [6.45, 7) is 6.63. The van der Waals surface area contributed by atoms with Crippen LogP contribution >= 0.6 is 11.6 Å². The van der Waals surface area contributed by atoms with Gasteiger partial charge < -0.3 is 10.1 Å². The highest BCUT2D eigenvalue weighted by Gasteiger charge is 2.19. The Labute approximate surface area is 209 Å². The van der Waals surface area contributed by atoms with Crippen LogP contribution in [0.5, 0.6) is 0 Å². The maximum Gasteiger partial charge on any atom is 0.159 e. The van der Waals surface area contributed by atoms with Crippen molar-refractivity contribution in [1.82, 2.24) is 19.9 Å². The third-order valence-electron chi connectivity index (χ3n) is 6.02. The van der Waals surface area contributed by atoms with Crippen molar-refractivity contribution in [1.29, 1.82) is 0 Å². The molecule has 1 fully saturated rings. The van der Waals surface area contributed by atoms with Gasteiger partial charge >= 0.3 is 0 Å². The third-order valence-corrected chi connectivity index (χ3v) is 6.32. The molecule has 0 radical (unpaired) electrons. The van der Waals surface area contributed by atoms with Gasteiger partial charge in [0.2, 0.25) is 0 Å². The lowest BCUT2D eigenvalue weighted by Crippen LogP contribution is -2.40. The molecule has 0 amide bonds. The van der Waals surface area contributed by atoms with Gasteiger partial charge in [0.15, 0.2) is 5.78 Å². The van der Waals surface area contributed by atoms with Crippen molar-refractivity contribution in [3.05, 3.63) is 77.2 Å². The number of nitrogens with zero attached hydrogens (tertiary/aromatic N) is 4. The molecule has 1 N–H and O–H groups in total. The van der Waals surface area contributed by atoms with E-state index in [-0.39, 0.29) is 11.9 Å². The maximum absolute atomic E-state index is 11.7. The molecule has 3 heterocycles. The van der Waals surface area contributed by atoms with Gasteiger partial charge in [-0.15, -0.1) is 0 Å². The minimum Gasteiger partial charge on any atom is -0.376 e. The average molecular weight is 488 g/mol. The molecule has 7 nitrogen and oxygen atoms in total. The molecule has 0 spiro atoms. The normalized spacial score (nSPS) is 16.4. The molecule has 35 heavy (non-hydrogen) atoms. The summed E-state index contributed by atoms with van der Waals surface area (Å²) in [6.07, 6.45) is 1.91. The molecule has 1 aliphatic rings. The van der Waals surface area contributed by atoms with Crippen LogP contribution in [0.1, 0.15) is 30.0 Å². The summed E-state index contributed by atoms with van der Waals surface area (Å²) in [4.78, 5) is 28.2. The Bertz CT molecular complexity index is 1380. The number of nitrogens with one attached hydrogen (secondary N) is 1. The number of halogens is 1. The Morgan fingerprint density at radius 3 is 2.74 bits per heavy atom. The standard InChI is InChI=1S/C27H26ClN5O2/c1-17-15-33(12-13-35-17)16-25-31-24-14-20(26-23(28)4-3-11-29-26)7-10-22(24)27(32-25)30-21-8-5-19(6-9-21)18(2)34/h3-11,14,17H,12-13,15-16H2,1-2H3,(H,30,31,32)/t17-/m1/s1. The zero-order valence-corrected chi connectivity index (χ0v) is 20.4. The summed E-state index contributed by atoms with van der Waals surface area (Å²) in [5, 5.41) is 4.90. The van der Waals surface area contributed by atoms with Crippen molar-refractivity contribution in [3.8, 4) is 11.3 Å². The Balaban J connectivity index is 1.55. The van der Waals surface area contributed by atoms with Gasteiger partial charge in [-0.1, -0.05) is 17.7 Å². The zero-order valence-electron chi connectivity index (χ0n) is 19.7. The number of ketones is 1. The second-order valence-electron chi connectivity index (χ2n) is 8.73. The maximum atomic E-state index is 11.7. The summed E-state index contributed by atoms with van der Waals surface area (Å²) >= 11 is 6.41. The monoisotopic (exact) mass is 487 g/mol. The first-order valence-electron chi connectivity index (χ1n) is 11.6. The molecule has 2 aromatic heterocycles. The van der Waals surface area contributed by atoms with E-state index < -0.39 is 0 Å². The number of benzene rings is 2. The molecule has 0 bridgehead atoms. The van der Waals surface area contributed by atoms with E-state index in [0.717, 1.165) is 41.1 Å². The second kappa shape index (κ2) is 10.1. The molecule has 5 rings (SSSR count). The molecular formula is C27H26ClN5O2. The number of morpholine rings is 1. The van der Waals surface area contributed by atoms with E-state index in [1.165, 1.54) is 0 Å². The van der Waals surface area contributed by atoms with Crippen LogP contribution < -0.4 is 5.32 Å². The van der Waals surface area contributed by atoms with Gasteiger partial charge in [-0.05, 0) is 62.4 Å². The average Bonchev–Trinajstić information content (AvgIpc) is 2.84. The fourth-order valence-corrected chi connectivity index (χ4v) is 4.48. The van der Waals surface area contributed by atoms with E-state index in [9.17, 15) is 4.79 Å². The van der Waals surface area contributed by atoms with Crippen LogP contribution in [-0.4, -0.2) is 51.4 Å². The first kappa shape index (κ1) is 23.4. The number of carbonyl (C=O) groups excluding carboxylic acids is 1. The molecule has 0 saturated carbocycles. The largest absolute Gasteiger partial charge is 0.376 e. The molecule has 0 unspecified atom stereocenters. The highest BCUT2D eigenvalue weighted by atomic mass is 35.5. The van der Waals surface area contributed by atoms with E-state index in [0.29, 0.717) is 35.2 Å². The summed E-state index contributed by atoms with van der Waals surface area (Å²) in [5.41, 5.74) is 3.93. The number of fused-ring (bicyclic) bond motifs is 1. The van der Waals surface area contributed by atoms with E-state index >= 15 is 0 Å². The minimum absolute atomic E-state index is 0.0340. The Morgan fingerprint density at radius 1 is 1.17 bits per heavy atom. The SMILES string of the molecule is CC(=O)c1ccc(Nc2nc(CN3CCO[C@H](C)C3)nc3cc(-c4ncccc4Cl)ccc23)cc1. The lowest BCUT2D eigenvalue weighted by atomic mass is 10.1.